The molecule has 0 heterocycles. The minimum absolute atomic E-state index is 0.0292. The van der Waals surface area contributed by atoms with Crippen LogP contribution >= 0.6 is 11.8 Å². The van der Waals surface area contributed by atoms with Crippen LogP contribution in [-0.4, -0.2) is 34.6 Å². The summed E-state index contributed by atoms with van der Waals surface area (Å²) >= 11 is -0.148. The molecule has 9 heteroatoms. The van der Waals surface area contributed by atoms with Crippen LogP contribution in [0, 0.1) is 22.7 Å². The van der Waals surface area contributed by atoms with E-state index >= 15 is 0 Å². The maximum atomic E-state index is 12.6. The third-order valence-electron chi connectivity index (χ3n) is 8.42. The molecule has 2 aromatic rings. The molecule has 0 spiro atoms. The SMILES string of the molecule is COc1cc2c(cc1O)C(OCc1ccc(SC(F)(F)F)cc1)C[C@@H]1[C@@H]2CC[C@]2(C)C(O)CC(=N)[C@@H]12. The summed E-state index contributed by atoms with van der Waals surface area (Å²) in [4.78, 5) is 0.119. The van der Waals surface area contributed by atoms with E-state index in [2.05, 4.69) is 6.92 Å². The van der Waals surface area contributed by atoms with Gasteiger partial charge in [0, 0.05) is 28.4 Å². The third kappa shape index (κ3) is 4.50. The van der Waals surface area contributed by atoms with Crippen molar-refractivity contribution in [2.75, 3.05) is 7.11 Å². The van der Waals surface area contributed by atoms with Crippen LogP contribution < -0.4 is 4.74 Å². The molecular weight excluding hydrogens is 491 g/mol. The van der Waals surface area contributed by atoms with Gasteiger partial charge in [0.15, 0.2) is 11.5 Å². The smallest absolute Gasteiger partial charge is 0.446 e. The first kappa shape index (κ1) is 25.4. The van der Waals surface area contributed by atoms with Gasteiger partial charge in [0.25, 0.3) is 0 Å². The van der Waals surface area contributed by atoms with E-state index in [1.54, 1.807) is 18.2 Å². The van der Waals surface area contributed by atoms with Crippen LogP contribution in [0.1, 0.15) is 61.3 Å². The van der Waals surface area contributed by atoms with Crippen LogP contribution in [0.5, 0.6) is 11.5 Å². The average molecular weight is 522 g/mol. The number of nitrogens with one attached hydrogen (secondary N) is 1. The zero-order valence-electron chi connectivity index (χ0n) is 20.1. The quantitative estimate of drug-likeness (QED) is 0.388. The minimum Gasteiger partial charge on any atom is -0.504 e. The molecule has 0 bridgehead atoms. The number of phenolic OH excluding ortho intramolecular Hbond substituents is 1. The summed E-state index contributed by atoms with van der Waals surface area (Å²) in [5.74, 6) is 0.633. The number of aliphatic hydroxyl groups is 1. The molecule has 2 saturated carbocycles. The number of alkyl halides is 3. The number of hydrogen-bond acceptors (Lipinski definition) is 6. The molecule has 3 aliphatic rings. The number of thioether (sulfide) groups is 1. The Bertz CT molecular complexity index is 1150. The van der Waals surface area contributed by atoms with E-state index in [1.807, 2.05) is 6.07 Å². The van der Waals surface area contributed by atoms with Gasteiger partial charge in [-0.2, -0.15) is 13.2 Å². The lowest BCUT2D eigenvalue weighted by Crippen LogP contribution is -2.46. The predicted octanol–water partition coefficient (Wildman–Crippen LogP) is 6.57. The lowest BCUT2D eigenvalue weighted by atomic mass is 9.54. The van der Waals surface area contributed by atoms with Gasteiger partial charge in [-0.1, -0.05) is 19.1 Å². The Kier molecular flexibility index (Phi) is 6.54. The molecule has 0 aromatic heterocycles. The Morgan fingerprint density at radius 1 is 1.17 bits per heavy atom. The molecular formula is C27H30F3NO4S. The van der Waals surface area contributed by atoms with Crippen molar-refractivity contribution in [2.24, 2.45) is 17.3 Å². The van der Waals surface area contributed by atoms with E-state index in [4.69, 9.17) is 14.9 Å². The van der Waals surface area contributed by atoms with Crippen LogP contribution in [0.4, 0.5) is 13.2 Å². The topological polar surface area (TPSA) is 82.8 Å². The molecule has 194 valence electrons. The van der Waals surface area contributed by atoms with Gasteiger partial charge in [0.1, 0.15) is 0 Å². The molecule has 0 aliphatic heterocycles. The van der Waals surface area contributed by atoms with Crippen molar-refractivity contribution in [2.45, 2.75) is 67.7 Å². The fourth-order valence-corrected chi connectivity index (χ4v) is 7.26. The summed E-state index contributed by atoms with van der Waals surface area (Å²) < 4.78 is 49.7. The average Bonchev–Trinajstić information content (AvgIpc) is 3.05. The fraction of sp³-hybridized carbons (Fsp3) is 0.519. The monoisotopic (exact) mass is 521 g/mol. The van der Waals surface area contributed by atoms with E-state index in [9.17, 15) is 23.4 Å². The van der Waals surface area contributed by atoms with Crippen molar-refractivity contribution in [1.82, 2.24) is 0 Å². The predicted molar refractivity (Wildman–Crippen MR) is 131 cm³/mol. The second-order valence-electron chi connectivity index (χ2n) is 10.4. The molecule has 5 rings (SSSR count). The number of rotatable bonds is 5. The van der Waals surface area contributed by atoms with Crippen molar-refractivity contribution in [1.29, 1.82) is 5.41 Å². The van der Waals surface area contributed by atoms with Crippen LogP contribution in [0.3, 0.4) is 0 Å². The maximum Gasteiger partial charge on any atom is 0.446 e. The highest BCUT2D eigenvalue weighted by atomic mass is 32.2. The fourth-order valence-electron chi connectivity index (χ4n) is 6.72. The molecule has 3 aliphatic carbocycles. The first-order chi connectivity index (χ1) is 17.0. The van der Waals surface area contributed by atoms with Crippen LogP contribution in [0.25, 0.3) is 0 Å². The van der Waals surface area contributed by atoms with E-state index < -0.39 is 11.6 Å². The number of aliphatic hydroxyl groups excluding tert-OH is 1. The van der Waals surface area contributed by atoms with E-state index in [0.29, 0.717) is 24.3 Å². The molecule has 36 heavy (non-hydrogen) atoms. The summed E-state index contributed by atoms with van der Waals surface area (Å²) in [6.07, 6.45) is 1.83. The van der Waals surface area contributed by atoms with Gasteiger partial charge in [-0.05, 0) is 83.8 Å². The molecule has 5 nitrogen and oxygen atoms in total. The van der Waals surface area contributed by atoms with Gasteiger partial charge >= 0.3 is 5.51 Å². The van der Waals surface area contributed by atoms with Gasteiger partial charge in [-0.3, -0.25) is 0 Å². The second-order valence-corrected chi connectivity index (χ2v) is 11.6. The molecule has 2 unspecified atom stereocenters. The molecule has 2 fully saturated rings. The summed E-state index contributed by atoms with van der Waals surface area (Å²) in [5, 5.41) is 30.0. The van der Waals surface area contributed by atoms with Crippen LogP contribution in [0.2, 0.25) is 0 Å². The Hall–Kier alpha value is -2.23. The highest BCUT2D eigenvalue weighted by Crippen LogP contribution is 2.62. The molecule has 0 amide bonds. The standard InChI is InChI=1S/C27H30F3NO4S/c1-26-8-7-16-17-10-23(34-2)21(32)9-18(17)22(11-19(16)25(26)20(31)12-24(26)33)35-13-14-3-5-15(6-4-14)36-27(28,29)30/h3-6,9-10,16,19,22,24-25,31-33H,7-8,11-13H2,1-2H3/t16-,19-,22?,24?,25-,26-/m1/s1. The van der Waals surface area contributed by atoms with Gasteiger partial charge in [0.05, 0.1) is 25.9 Å². The Morgan fingerprint density at radius 2 is 1.89 bits per heavy atom. The summed E-state index contributed by atoms with van der Waals surface area (Å²) in [7, 11) is 1.51. The number of benzene rings is 2. The highest BCUT2D eigenvalue weighted by molar-refractivity contribution is 8.00. The largest absolute Gasteiger partial charge is 0.504 e. The number of ether oxygens (including phenoxy) is 2. The lowest BCUT2D eigenvalue weighted by Gasteiger charge is -2.51. The number of hydrogen-bond donors (Lipinski definition) is 3. The van der Waals surface area contributed by atoms with Gasteiger partial charge in [0.2, 0.25) is 0 Å². The molecule has 6 atom stereocenters. The Labute approximate surface area is 212 Å². The molecule has 3 N–H and O–H groups in total. The minimum atomic E-state index is -4.33. The third-order valence-corrected chi connectivity index (χ3v) is 9.16. The van der Waals surface area contributed by atoms with Crippen molar-refractivity contribution >= 4 is 17.5 Å². The lowest BCUT2D eigenvalue weighted by molar-refractivity contribution is -0.0462. The maximum absolute atomic E-state index is 12.6. The normalized spacial score (nSPS) is 31.5. The van der Waals surface area contributed by atoms with Crippen molar-refractivity contribution in [3.63, 3.8) is 0 Å². The number of aromatic hydroxyl groups is 1. The highest BCUT2D eigenvalue weighted by Gasteiger charge is 2.58. The van der Waals surface area contributed by atoms with E-state index in [-0.39, 0.29) is 58.3 Å². The summed E-state index contributed by atoms with van der Waals surface area (Å²) in [5.41, 5.74) is -1.41. The van der Waals surface area contributed by atoms with Crippen molar-refractivity contribution in [3.05, 3.63) is 53.1 Å². The Morgan fingerprint density at radius 3 is 2.56 bits per heavy atom. The zero-order chi connectivity index (χ0) is 25.8. The molecule has 2 aromatic carbocycles. The van der Waals surface area contributed by atoms with Crippen molar-refractivity contribution < 1.29 is 32.9 Å². The van der Waals surface area contributed by atoms with E-state index in [1.165, 1.54) is 19.2 Å². The summed E-state index contributed by atoms with van der Waals surface area (Å²) in [6.45, 7) is 2.29. The molecule has 0 radical (unpaired) electrons. The van der Waals surface area contributed by atoms with Gasteiger partial charge in [-0.25, -0.2) is 0 Å². The number of methoxy groups -OCH3 is 1. The Balaban J connectivity index is 1.43. The van der Waals surface area contributed by atoms with Crippen LogP contribution in [-0.2, 0) is 11.3 Å². The van der Waals surface area contributed by atoms with Crippen molar-refractivity contribution in [3.8, 4) is 11.5 Å². The first-order valence-electron chi connectivity index (χ1n) is 12.1. The second kappa shape index (κ2) is 9.26. The number of halogens is 3. The summed E-state index contributed by atoms with van der Waals surface area (Å²) in [6, 6.07) is 9.71. The molecule has 0 saturated heterocycles. The van der Waals surface area contributed by atoms with E-state index in [0.717, 1.165) is 29.5 Å². The number of fused-ring (bicyclic) bond motifs is 5. The van der Waals surface area contributed by atoms with Gasteiger partial charge in [-0.15, -0.1) is 0 Å². The zero-order valence-corrected chi connectivity index (χ0v) is 21.0. The first-order valence-corrected chi connectivity index (χ1v) is 12.9. The van der Waals surface area contributed by atoms with Crippen LogP contribution in [0.15, 0.2) is 41.3 Å². The van der Waals surface area contributed by atoms with Gasteiger partial charge < -0.3 is 25.1 Å². The number of phenols is 1.